The van der Waals surface area contributed by atoms with Gasteiger partial charge < -0.3 is 9.47 Å². The third-order valence-electron chi connectivity index (χ3n) is 2.15. The molecule has 1 aromatic rings. The first-order valence-electron chi connectivity index (χ1n) is 5.04. The van der Waals surface area contributed by atoms with E-state index in [1.54, 1.807) is 20.1 Å². The van der Waals surface area contributed by atoms with Crippen LogP contribution in [0, 0.1) is 6.92 Å². The first kappa shape index (κ1) is 13.1. The van der Waals surface area contributed by atoms with Crippen molar-refractivity contribution in [2.24, 2.45) is 0 Å². The molecule has 1 rings (SSSR count). The number of carbonyl (C=O) groups is 1. The zero-order valence-corrected chi connectivity index (χ0v) is 10.6. The Hall–Kier alpha value is -1.00. The lowest BCUT2D eigenvalue weighted by Crippen LogP contribution is -2.20. The molecule has 3 nitrogen and oxygen atoms in total. The summed E-state index contributed by atoms with van der Waals surface area (Å²) in [4.78, 5) is 12.5. The molecule has 1 unspecified atom stereocenters. The number of aryl methyl sites for hydroxylation is 1. The molecule has 4 heteroatoms. The van der Waals surface area contributed by atoms with Crippen molar-refractivity contribution in [1.82, 2.24) is 0 Å². The van der Waals surface area contributed by atoms with Crippen LogP contribution in [0.2, 0.25) is 0 Å². The molecule has 0 spiro atoms. The molecule has 0 saturated carbocycles. The molecular weight excluding hydrogens is 224 g/mol. The predicted octanol–water partition coefficient (Wildman–Crippen LogP) is 2.48. The lowest BCUT2D eigenvalue weighted by atomic mass is 10.1. The van der Waals surface area contributed by atoms with Gasteiger partial charge >= 0.3 is 5.97 Å². The third kappa shape index (κ3) is 3.54. The van der Waals surface area contributed by atoms with Crippen molar-refractivity contribution in [2.75, 3.05) is 13.7 Å². The van der Waals surface area contributed by atoms with Crippen LogP contribution in [0.3, 0.4) is 0 Å². The van der Waals surface area contributed by atoms with E-state index >= 15 is 0 Å². The SMILES string of the molecule is COCC(C)OC(=O)c1cc(S)ccc1C. The summed E-state index contributed by atoms with van der Waals surface area (Å²) >= 11 is 4.20. The summed E-state index contributed by atoms with van der Waals surface area (Å²) in [6.07, 6.45) is -0.250. The molecule has 16 heavy (non-hydrogen) atoms. The van der Waals surface area contributed by atoms with Gasteiger partial charge in [-0.2, -0.15) is 0 Å². The quantitative estimate of drug-likeness (QED) is 0.648. The molecule has 0 fully saturated rings. The van der Waals surface area contributed by atoms with Gasteiger partial charge in [0.15, 0.2) is 0 Å². The summed E-state index contributed by atoms with van der Waals surface area (Å²) in [7, 11) is 1.57. The number of hydrogen-bond acceptors (Lipinski definition) is 4. The normalized spacial score (nSPS) is 12.2. The second-order valence-corrected chi connectivity index (χ2v) is 4.19. The minimum atomic E-state index is -0.335. The van der Waals surface area contributed by atoms with Crippen LogP contribution in [0.25, 0.3) is 0 Å². The average Bonchev–Trinajstić information content (AvgIpc) is 2.21. The van der Waals surface area contributed by atoms with Crippen LogP contribution in [0.15, 0.2) is 23.1 Å². The van der Waals surface area contributed by atoms with Gasteiger partial charge in [0.05, 0.1) is 12.2 Å². The minimum absolute atomic E-state index is 0.250. The highest BCUT2D eigenvalue weighted by Crippen LogP contribution is 2.15. The minimum Gasteiger partial charge on any atom is -0.457 e. The van der Waals surface area contributed by atoms with Crippen molar-refractivity contribution in [3.63, 3.8) is 0 Å². The zero-order chi connectivity index (χ0) is 12.1. The van der Waals surface area contributed by atoms with E-state index in [0.29, 0.717) is 12.2 Å². The second kappa shape index (κ2) is 5.92. The molecular formula is C12H16O3S. The molecule has 0 saturated heterocycles. The van der Waals surface area contributed by atoms with Crippen LogP contribution < -0.4 is 0 Å². The van der Waals surface area contributed by atoms with Crippen LogP contribution in [0.5, 0.6) is 0 Å². The molecule has 1 aromatic carbocycles. The molecule has 0 N–H and O–H groups in total. The fourth-order valence-corrected chi connectivity index (χ4v) is 1.55. The smallest absolute Gasteiger partial charge is 0.338 e. The van der Waals surface area contributed by atoms with Gasteiger partial charge in [0.25, 0.3) is 0 Å². The Morgan fingerprint density at radius 2 is 2.19 bits per heavy atom. The number of hydrogen-bond donors (Lipinski definition) is 1. The molecule has 0 aliphatic heterocycles. The number of ether oxygens (including phenoxy) is 2. The summed E-state index contributed by atoms with van der Waals surface area (Å²) in [5, 5.41) is 0. The van der Waals surface area contributed by atoms with E-state index < -0.39 is 0 Å². The maximum atomic E-state index is 11.8. The Bertz CT molecular complexity index is 377. The first-order chi connectivity index (χ1) is 7.54. The lowest BCUT2D eigenvalue weighted by Gasteiger charge is -2.13. The van der Waals surface area contributed by atoms with E-state index in [0.717, 1.165) is 10.5 Å². The molecule has 0 aliphatic rings. The Kier molecular flexibility index (Phi) is 4.83. The number of rotatable bonds is 4. The summed E-state index contributed by atoms with van der Waals surface area (Å²) in [6.45, 7) is 4.05. The van der Waals surface area contributed by atoms with Gasteiger partial charge in [-0.3, -0.25) is 0 Å². The van der Waals surface area contributed by atoms with Crippen molar-refractivity contribution < 1.29 is 14.3 Å². The fraction of sp³-hybridized carbons (Fsp3) is 0.417. The molecule has 0 aromatic heterocycles. The zero-order valence-electron chi connectivity index (χ0n) is 9.69. The molecule has 88 valence electrons. The molecule has 0 radical (unpaired) electrons. The lowest BCUT2D eigenvalue weighted by molar-refractivity contribution is 0.0119. The maximum absolute atomic E-state index is 11.8. The van der Waals surface area contributed by atoms with Crippen LogP contribution >= 0.6 is 12.6 Å². The average molecular weight is 240 g/mol. The van der Waals surface area contributed by atoms with Gasteiger partial charge in [-0.15, -0.1) is 12.6 Å². The molecule has 0 bridgehead atoms. The number of thiol groups is 1. The van der Waals surface area contributed by atoms with Gasteiger partial charge in [0.2, 0.25) is 0 Å². The fourth-order valence-electron chi connectivity index (χ4n) is 1.34. The Balaban J connectivity index is 2.76. The van der Waals surface area contributed by atoms with Crippen molar-refractivity contribution in [3.05, 3.63) is 29.3 Å². The first-order valence-corrected chi connectivity index (χ1v) is 5.49. The highest BCUT2D eigenvalue weighted by atomic mass is 32.1. The van der Waals surface area contributed by atoms with Crippen LogP contribution in [0.4, 0.5) is 0 Å². The Labute approximate surface area is 101 Å². The summed E-state index contributed by atoms with van der Waals surface area (Å²) in [6, 6.07) is 5.40. The predicted molar refractivity (Wildman–Crippen MR) is 65.2 cm³/mol. The second-order valence-electron chi connectivity index (χ2n) is 3.67. The van der Waals surface area contributed by atoms with E-state index in [2.05, 4.69) is 12.6 Å². The van der Waals surface area contributed by atoms with Crippen molar-refractivity contribution in [3.8, 4) is 0 Å². The Morgan fingerprint density at radius 1 is 1.50 bits per heavy atom. The topological polar surface area (TPSA) is 35.5 Å². The third-order valence-corrected chi connectivity index (χ3v) is 2.43. The highest BCUT2D eigenvalue weighted by molar-refractivity contribution is 7.80. The summed E-state index contributed by atoms with van der Waals surface area (Å²) in [5.41, 5.74) is 1.43. The standard InChI is InChI=1S/C12H16O3S/c1-8-4-5-10(16)6-11(8)12(13)15-9(2)7-14-3/h4-6,9,16H,7H2,1-3H3. The highest BCUT2D eigenvalue weighted by Gasteiger charge is 2.14. The largest absolute Gasteiger partial charge is 0.457 e. The molecule has 1 atom stereocenters. The van der Waals surface area contributed by atoms with E-state index in [9.17, 15) is 4.79 Å². The van der Waals surface area contributed by atoms with Gasteiger partial charge in [0.1, 0.15) is 6.10 Å². The van der Waals surface area contributed by atoms with E-state index in [-0.39, 0.29) is 12.1 Å². The van der Waals surface area contributed by atoms with Crippen molar-refractivity contribution in [1.29, 1.82) is 0 Å². The van der Waals surface area contributed by atoms with E-state index in [1.807, 2.05) is 19.1 Å². The van der Waals surface area contributed by atoms with Crippen LogP contribution in [-0.4, -0.2) is 25.8 Å². The number of methoxy groups -OCH3 is 1. The van der Waals surface area contributed by atoms with Gasteiger partial charge in [-0.1, -0.05) is 6.07 Å². The maximum Gasteiger partial charge on any atom is 0.338 e. The molecule has 0 amide bonds. The van der Waals surface area contributed by atoms with Gasteiger partial charge in [-0.25, -0.2) is 4.79 Å². The Morgan fingerprint density at radius 3 is 2.81 bits per heavy atom. The number of esters is 1. The monoisotopic (exact) mass is 240 g/mol. The number of carbonyl (C=O) groups excluding carboxylic acids is 1. The summed E-state index contributed by atoms with van der Waals surface area (Å²) < 4.78 is 10.1. The summed E-state index contributed by atoms with van der Waals surface area (Å²) in [5.74, 6) is -0.335. The van der Waals surface area contributed by atoms with Crippen LogP contribution in [-0.2, 0) is 9.47 Å². The number of benzene rings is 1. The van der Waals surface area contributed by atoms with Crippen molar-refractivity contribution >= 4 is 18.6 Å². The van der Waals surface area contributed by atoms with E-state index in [4.69, 9.17) is 9.47 Å². The molecule has 0 aliphatic carbocycles. The van der Waals surface area contributed by atoms with Gasteiger partial charge in [-0.05, 0) is 31.5 Å². The van der Waals surface area contributed by atoms with Crippen LogP contribution in [0.1, 0.15) is 22.8 Å². The van der Waals surface area contributed by atoms with Crippen molar-refractivity contribution in [2.45, 2.75) is 24.8 Å². The van der Waals surface area contributed by atoms with Gasteiger partial charge in [0, 0.05) is 12.0 Å². The van der Waals surface area contributed by atoms with E-state index in [1.165, 1.54) is 0 Å². The molecule has 0 heterocycles.